The third-order valence-electron chi connectivity index (χ3n) is 3.97. The number of hydrogen-bond acceptors (Lipinski definition) is 3. The first-order valence-electron chi connectivity index (χ1n) is 7.15. The minimum atomic E-state index is 0.0546. The van der Waals surface area contributed by atoms with Crippen molar-refractivity contribution in [3.05, 3.63) is 42.0 Å². The average molecular weight is 273 g/mol. The zero-order valence-electron chi connectivity index (χ0n) is 12.2. The van der Waals surface area contributed by atoms with E-state index in [0.29, 0.717) is 6.42 Å². The molecule has 0 aliphatic carbocycles. The summed E-state index contributed by atoms with van der Waals surface area (Å²) in [6.45, 7) is 2.24. The predicted octanol–water partition coefficient (Wildman–Crippen LogP) is 3.05. The highest BCUT2D eigenvalue weighted by Gasteiger charge is 2.20. The molecule has 2 unspecified atom stereocenters. The van der Waals surface area contributed by atoms with Gasteiger partial charge in [-0.1, -0.05) is 37.3 Å². The van der Waals surface area contributed by atoms with E-state index in [-0.39, 0.29) is 18.6 Å². The predicted molar refractivity (Wildman–Crippen MR) is 83.2 cm³/mol. The van der Waals surface area contributed by atoms with Gasteiger partial charge < -0.3 is 15.6 Å². The van der Waals surface area contributed by atoms with Crippen LogP contribution in [0.2, 0.25) is 0 Å². The molecule has 20 heavy (non-hydrogen) atoms. The lowest BCUT2D eigenvalue weighted by Gasteiger charge is -2.24. The molecule has 0 spiro atoms. The number of fused-ring (bicyclic) bond motifs is 1. The summed E-state index contributed by atoms with van der Waals surface area (Å²) in [6, 6.07) is 12.3. The highest BCUT2D eigenvalue weighted by Crippen LogP contribution is 2.35. The molecule has 0 saturated heterocycles. The van der Waals surface area contributed by atoms with Crippen LogP contribution in [-0.2, 0) is 0 Å². The second-order valence-corrected chi connectivity index (χ2v) is 5.09. The Balaban J connectivity index is 2.58. The highest BCUT2D eigenvalue weighted by atomic mass is 16.5. The third-order valence-corrected chi connectivity index (χ3v) is 3.97. The Labute approximate surface area is 120 Å². The Hall–Kier alpha value is -1.58. The van der Waals surface area contributed by atoms with E-state index in [1.807, 2.05) is 18.2 Å². The van der Waals surface area contributed by atoms with E-state index < -0.39 is 0 Å². The molecule has 0 aliphatic rings. The maximum atomic E-state index is 9.33. The lowest BCUT2D eigenvalue weighted by Crippen LogP contribution is -2.28. The standard InChI is InChI=1S/C17H23NO2/c1-3-16(18)14(10-11-19)13-8-9-17(20-2)15-7-5-4-6-12(13)15/h4-9,14,16,19H,3,10-11,18H2,1-2H3. The lowest BCUT2D eigenvalue weighted by atomic mass is 9.85. The number of ether oxygens (including phenoxy) is 1. The molecule has 0 saturated carbocycles. The Morgan fingerprint density at radius 2 is 1.85 bits per heavy atom. The van der Waals surface area contributed by atoms with Crippen molar-refractivity contribution in [1.29, 1.82) is 0 Å². The molecule has 2 aromatic carbocycles. The van der Waals surface area contributed by atoms with Gasteiger partial charge in [0.15, 0.2) is 0 Å². The molecule has 2 aromatic rings. The van der Waals surface area contributed by atoms with Crippen LogP contribution in [0.4, 0.5) is 0 Å². The van der Waals surface area contributed by atoms with Crippen LogP contribution in [0.25, 0.3) is 10.8 Å². The first-order valence-corrected chi connectivity index (χ1v) is 7.15. The van der Waals surface area contributed by atoms with Crippen LogP contribution in [0.1, 0.15) is 31.2 Å². The summed E-state index contributed by atoms with van der Waals surface area (Å²) in [7, 11) is 1.68. The monoisotopic (exact) mass is 273 g/mol. The Kier molecular flexibility index (Phi) is 4.99. The number of hydrogen-bond donors (Lipinski definition) is 2. The van der Waals surface area contributed by atoms with Gasteiger partial charge in [-0.05, 0) is 29.9 Å². The molecular formula is C17H23NO2. The van der Waals surface area contributed by atoms with Crippen molar-refractivity contribution in [1.82, 2.24) is 0 Å². The molecule has 0 bridgehead atoms. The molecule has 3 nitrogen and oxygen atoms in total. The van der Waals surface area contributed by atoms with Crippen LogP contribution >= 0.6 is 0 Å². The molecule has 0 aromatic heterocycles. The SMILES string of the molecule is CCC(N)C(CCO)c1ccc(OC)c2ccccc12. The smallest absolute Gasteiger partial charge is 0.126 e. The number of aliphatic hydroxyl groups excluding tert-OH is 1. The van der Waals surface area contributed by atoms with Crippen molar-refractivity contribution >= 4 is 10.8 Å². The van der Waals surface area contributed by atoms with E-state index in [9.17, 15) is 5.11 Å². The molecule has 0 heterocycles. The number of aliphatic hydroxyl groups is 1. The maximum Gasteiger partial charge on any atom is 0.126 e. The van der Waals surface area contributed by atoms with Gasteiger partial charge in [0.05, 0.1) is 7.11 Å². The van der Waals surface area contributed by atoms with Crippen LogP contribution in [-0.4, -0.2) is 24.9 Å². The molecule has 0 aliphatic heterocycles. The van der Waals surface area contributed by atoms with E-state index in [4.69, 9.17) is 10.5 Å². The summed E-state index contributed by atoms with van der Waals surface area (Å²) in [5, 5.41) is 11.6. The van der Waals surface area contributed by atoms with Crippen molar-refractivity contribution in [2.24, 2.45) is 5.73 Å². The van der Waals surface area contributed by atoms with Crippen LogP contribution in [0.5, 0.6) is 5.75 Å². The fourth-order valence-electron chi connectivity index (χ4n) is 2.82. The Morgan fingerprint density at radius 1 is 1.15 bits per heavy atom. The molecule has 3 N–H and O–H groups in total. The molecule has 2 rings (SSSR count). The van der Waals surface area contributed by atoms with E-state index in [2.05, 4.69) is 25.1 Å². The Bertz CT molecular complexity index is 568. The van der Waals surface area contributed by atoms with Crippen molar-refractivity contribution in [2.45, 2.75) is 31.7 Å². The van der Waals surface area contributed by atoms with Gasteiger partial charge in [0, 0.05) is 24.0 Å². The highest BCUT2D eigenvalue weighted by molar-refractivity contribution is 5.91. The second-order valence-electron chi connectivity index (χ2n) is 5.09. The maximum absolute atomic E-state index is 9.33. The van der Waals surface area contributed by atoms with E-state index in [1.165, 1.54) is 5.56 Å². The van der Waals surface area contributed by atoms with Crippen molar-refractivity contribution in [3.63, 3.8) is 0 Å². The number of benzene rings is 2. The molecule has 0 fully saturated rings. The van der Waals surface area contributed by atoms with Gasteiger partial charge in [0.2, 0.25) is 0 Å². The summed E-state index contributed by atoms with van der Waals surface area (Å²) in [4.78, 5) is 0. The van der Waals surface area contributed by atoms with Crippen LogP contribution in [0, 0.1) is 0 Å². The van der Waals surface area contributed by atoms with Crippen molar-refractivity contribution in [3.8, 4) is 5.75 Å². The topological polar surface area (TPSA) is 55.5 Å². The Morgan fingerprint density at radius 3 is 2.45 bits per heavy atom. The second kappa shape index (κ2) is 6.73. The number of methoxy groups -OCH3 is 1. The largest absolute Gasteiger partial charge is 0.496 e. The third kappa shape index (κ3) is 2.79. The first kappa shape index (κ1) is 14.8. The summed E-state index contributed by atoms with van der Waals surface area (Å²) < 4.78 is 5.43. The van der Waals surface area contributed by atoms with E-state index in [0.717, 1.165) is 22.9 Å². The zero-order chi connectivity index (χ0) is 14.5. The van der Waals surface area contributed by atoms with Crippen molar-refractivity contribution < 1.29 is 9.84 Å². The van der Waals surface area contributed by atoms with Gasteiger partial charge in [0.1, 0.15) is 5.75 Å². The van der Waals surface area contributed by atoms with Gasteiger partial charge in [-0.15, -0.1) is 0 Å². The zero-order valence-corrected chi connectivity index (χ0v) is 12.2. The normalized spacial score (nSPS) is 14.2. The van der Waals surface area contributed by atoms with Gasteiger partial charge >= 0.3 is 0 Å². The molecule has 0 radical (unpaired) electrons. The quantitative estimate of drug-likeness (QED) is 0.850. The van der Waals surface area contributed by atoms with Crippen LogP contribution < -0.4 is 10.5 Å². The lowest BCUT2D eigenvalue weighted by molar-refractivity contribution is 0.266. The number of nitrogens with two attached hydrogens (primary N) is 1. The van der Waals surface area contributed by atoms with E-state index in [1.54, 1.807) is 7.11 Å². The van der Waals surface area contributed by atoms with Gasteiger partial charge in [-0.2, -0.15) is 0 Å². The fraction of sp³-hybridized carbons (Fsp3) is 0.412. The van der Waals surface area contributed by atoms with Gasteiger partial charge in [-0.3, -0.25) is 0 Å². The van der Waals surface area contributed by atoms with Gasteiger partial charge in [-0.25, -0.2) is 0 Å². The van der Waals surface area contributed by atoms with Crippen molar-refractivity contribution in [2.75, 3.05) is 13.7 Å². The van der Waals surface area contributed by atoms with Crippen LogP contribution in [0.15, 0.2) is 36.4 Å². The van der Waals surface area contributed by atoms with Crippen LogP contribution in [0.3, 0.4) is 0 Å². The summed E-state index contributed by atoms with van der Waals surface area (Å²) in [5.74, 6) is 1.04. The van der Waals surface area contributed by atoms with E-state index >= 15 is 0 Å². The minimum Gasteiger partial charge on any atom is -0.496 e. The summed E-state index contributed by atoms with van der Waals surface area (Å²) >= 11 is 0. The molecule has 3 heteroatoms. The molecule has 108 valence electrons. The van der Waals surface area contributed by atoms with Gasteiger partial charge in [0.25, 0.3) is 0 Å². The molecule has 0 amide bonds. The molecule has 2 atom stereocenters. The molecular weight excluding hydrogens is 250 g/mol. The summed E-state index contributed by atoms with van der Waals surface area (Å²) in [5.41, 5.74) is 7.45. The minimum absolute atomic E-state index is 0.0546. The average Bonchev–Trinajstić information content (AvgIpc) is 2.51. The fourth-order valence-corrected chi connectivity index (χ4v) is 2.82. The summed E-state index contributed by atoms with van der Waals surface area (Å²) in [6.07, 6.45) is 1.58. The first-order chi connectivity index (χ1) is 9.72. The number of rotatable bonds is 6.